The zero-order valence-electron chi connectivity index (χ0n) is 12.3. The summed E-state index contributed by atoms with van der Waals surface area (Å²) in [6, 6.07) is 0.622. The Morgan fingerprint density at radius 1 is 1.40 bits per heavy atom. The molecule has 0 unspecified atom stereocenters. The molecular weight excluding hydrogens is 254 g/mol. The van der Waals surface area contributed by atoms with Crippen molar-refractivity contribution in [2.24, 2.45) is 7.05 Å². The maximum Gasteiger partial charge on any atom is 0.0753 e. The SMILES string of the molecule is Cn1nc2c(c1CN(CCO)C1CCCC1)COCC2. The molecule has 1 saturated carbocycles. The van der Waals surface area contributed by atoms with Crippen LogP contribution in [-0.2, 0) is 31.4 Å². The minimum Gasteiger partial charge on any atom is -0.395 e. The number of nitrogens with zero attached hydrogens (tertiary/aromatic N) is 3. The highest BCUT2D eigenvalue weighted by Gasteiger charge is 2.26. The molecule has 3 rings (SSSR count). The Morgan fingerprint density at radius 3 is 2.95 bits per heavy atom. The molecule has 1 aliphatic carbocycles. The van der Waals surface area contributed by atoms with E-state index in [2.05, 4.69) is 10.00 Å². The zero-order valence-corrected chi connectivity index (χ0v) is 12.3. The minimum absolute atomic E-state index is 0.229. The standard InChI is InChI=1S/C15H25N3O2/c1-17-15(13-11-20-9-6-14(13)16-17)10-18(7-8-19)12-4-2-3-5-12/h12,19H,2-11H2,1H3. The van der Waals surface area contributed by atoms with Crippen molar-refractivity contribution in [3.05, 3.63) is 17.0 Å². The van der Waals surface area contributed by atoms with Gasteiger partial charge in [0.15, 0.2) is 0 Å². The minimum atomic E-state index is 0.229. The lowest BCUT2D eigenvalue weighted by atomic mass is 10.1. The molecule has 0 amide bonds. The number of aromatic nitrogens is 2. The molecule has 0 spiro atoms. The summed E-state index contributed by atoms with van der Waals surface area (Å²) in [5, 5.41) is 14.0. The summed E-state index contributed by atoms with van der Waals surface area (Å²) in [4.78, 5) is 2.43. The molecule has 1 aromatic rings. The third kappa shape index (κ3) is 2.75. The first kappa shape index (κ1) is 14.0. The number of aliphatic hydroxyl groups excluding tert-OH is 1. The van der Waals surface area contributed by atoms with Gasteiger partial charge in [0.05, 0.1) is 31.2 Å². The number of hydrogen-bond donors (Lipinski definition) is 1. The van der Waals surface area contributed by atoms with Crippen LogP contribution in [0, 0.1) is 0 Å². The van der Waals surface area contributed by atoms with Crippen molar-refractivity contribution in [3.63, 3.8) is 0 Å². The fraction of sp³-hybridized carbons (Fsp3) is 0.800. The van der Waals surface area contributed by atoms with Crippen LogP contribution in [0.1, 0.15) is 42.6 Å². The van der Waals surface area contributed by atoms with E-state index in [1.54, 1.807) is 0 Å². The van der Waals surface area contributed by atoms with E-state index < -0.39 is 0 Å². The predicted molar refractivity (Wildman–Crippen MR) is 76.3 cm³/mol. The molecule has 5 heteroatoms. The average molecular weight is 279 g/mol. The van der Waals surface area contributed by atoms with E-state index in [1.807, 2.05) is 11.7 Å². The Hall–Kier alpha value is -0.910. The maximum atomic E-state index is 9.34. The van der Waals surface area contributed by atoms with Gasteiger partial charge in [-0.3, -0.25) is 9.58 Å². The number of fused-ring (bicyclic) bond motifs is 1. The molecular formula is C15H25N3O2. The van der Waals surface area contributed by atoms with Crippen LogP contribution >= 0.6 is 0 Å². The molecule has 0 aromatic carbocycles. The molecule has 2 aliphatic rings. The monoisotopic (exact) mass is 279 g/mol. The Morgan fingerprint density at radius 2 is 2.20 bits per heavy atom. The summed E-state index contributed by atoms with van der Waals surface area (Å²) in [6.45, 7) is 3.34. The Kier molecular flexibility index (Phi) is 4.38. The summed E-state index contributed by atoms with van der Waals surface area (Å²) >= 11 is 0. The van der Waals surface area contributed by atoms with Crippen molar-refractivity contribution >= 4 is 0 Å². The predicted octanol–water partition coefficient (Wildman–Crippen LogP) is 1.23. The molecule has 0 radical (unpaired) electrons. The molecule has 1 aromatic heterocycles. The van der Waals surface area contributed by atoms with Gasteiger partial charge in [-0.1, -0.05) is 12.8 Å². The molecule has 1 aliphatic heterocycles. The zero-order chi connectivity index (χ0) is 13.9. The van der Waals surface area contributed by atoms with E-state index in [0.29, 0.717) is 12.6 Å². The molecule has 5 nitrogen and oxygen atoms in total. The van der Waals surface area contributed by atoms with Gasteiger partial charge in [0, 0.05) is 38.2 Å². The van der Waals surface area contributed by atoms with Gasteiger partial charge in [0.2, 0.25) is 0 Å². The Bertz CT molecular complexity index is 452. The Balaban J connectivity index is 1.79. The van der Waals surface area contributed by atoms with E-state index in [4.69, 9.17) is 4.74 Å². The Labute approximate surface area is 120 Å². The molecule has 1 fully saturated rings. The molecule has 112 valence electrons. The van der Waals surface area contributed by atoms with Crippen molar-refractivity contribution < 1.29 is 9.84 Å². The van der Waals surface area contributed by atoms with Crippen molar-refractivity contribution in [2.45, 2.75) is 51.3 Å². The van der Waals surface area contributed by atoms with Crippen LogP contribution in [0.25, 0.3) is 0 Å². The van der Waals surface area contributed by atoms with Gasteiger partial charge in [-0.2, -0.15) is 5.10 Å². The largest absolute Gasteiger partial charge is 0.395 e. The van der Waals surface area contributed by atoms with Crippen molar-refractivity contribution in [2.75, 3.05) is 19.8 Å². The summed E-state index contributed by atoms with van der Waals surface area (Å²) < 4.78 is 7.61. The average Bonchev–Trinajstić information content (AvgIpc) is 3.07. The van der Waals surface area contributed by atoms with Crippen molar-refractivity contribution in [1.29, 1.82) is 0 Å². The van der Waals surface area contributed by atoms with Crippen LogP contribution in [0.3, 0.4) is 0 Å². The van der Waals surface area contributed by atoms with E-state index in [9.17, 15) is 5.11 Å². The number of aryl methyl sites for hydroxylation is 1. The summed E-state index contributed by atoms with van der Waals surface area (Å²) in [6.07, 6.45) is 6.08. The van der Waals surface area contributed by atoms with Gasteiger partial charge in [0.25, 0.3) is 0 Å². The van der Waals surface area contributed by atoms with E-state index in [1.165, 1.54) is 42.6 Å². The number of ether oxygens (including phenoxy) is 1. The van der Waals surface area contributed by atoms with Gasteiger partial charge in [0.1, 0.15) is 0 Å². The van der Waals surface area contributed by atoms with Crippen LogP contribution in [0.4, 0.5) is 0 Å². The highest BCUT2D eigenvalue weighted by molar-refractivity contribution is 5.27. The number of hydrogen-bond acceptors (Lipinski definition) is 4. The summed E-state index contributed by atoms with van der Waals surface area (Å²) in [7, 11) is 2.03. The van der Waals surface area contributed by atoms with Crippen LogP contribution in [0.2, 0.25) is 0 Å². The lowest BCUT2D eigenvalue weighted by Crippen LogP contribution is -2.36. The first-order chi connectivity index (χ1) is 9.79. The first-order valence-corrected chi connectivity index (χ1v) is 7.76. The quantitative estimate of drug-likeness (QED) is 0.881. The van der Waals surface area contributed by atoms with Gasteiger partial charge in [-0.25, -0.2) is 0 Å². The van der Waals surface area contributed by atoms with Crippen LogP contribution in [0.5, 0.6) is 0 Å². The van der Waals surface area contributed by atoms with Crippen LogP contribution in [0.15, 0.2) is 0 Å². The van der Waals surface area contributed by atoms with Crippen LogP contribution in [-0.4, -0.2) is 45.6 Å². The molecule has 2 heterocycles. The van der Waals surface area contributed by atoms with E-state index in [-0.39, 0.29) is 6.61 Å². The van der Waals surface area contributed by atoms with Gasteiger partial charge in [-0.05, 0) is 12.8 Å². The molecule has 0 atom stereocenters. The summed E-state index contributed by atoms with van der Waals surface area (Å²) in [5.41, 5.74) is 3.74. The molecule has 0 bridgehead atoms. The lowest BCUT2D eigenvalue weighted by Gasteiger charge is -2.28. The molecule has 1 N–H and O–H groups in total. The summed E-state index contributed by atoms with van der Waals surface area (Å²) in [5.74, 6) is 0. The fourth-order valence-corrected chi connectivity index (χ4v) is 3.55. The van der Waals surface area contributed by atoms with E-state index >= 15 is 0 Å². The highest BCUT2D eigenvalue weighted by atomic mass is 16.5. The second kappa shape index (κ2) is 6.24. The van der Waals surface area contributed by atoms with Crippen LogP contribution < -0.4 is 0 Å². The highest BCUT2D eigenvalue weighted by Crippen LogP contribution is 2.27. The topological polar surface area (TPSA) is 50.5 Å². The number of aliphatic hydroxyl groups is 1. The van der Waals surface area contributed by atoms with E-state index in [0.717, 1.165) is 26.1 Å². The second-order valence-corrected chi connectivity index (χ2v) is 5.93. The number of rotatable bonds is 5. The molecule has 20 heavy (non-hydrogen) atoms. The van der Waals surface area contributed by atoms with Gasteiger partial charge in [-0.15, -0.1) is 0 Å². The first-order valence-electron chi connectivity index (χ1n) is 7.76. The second-order valence-electron chi connectivity index (χ2n) is 5.93. The fourth-order valence-electron chi connectivity index (χ4n) is 3.55. The van der Waals surface area contributed by atoms with Crippen molar-refractivity contribution in [1.82, 2.24) is 14.7 Å². The van der Waals surface area contributed by atoms with Gasteiger partial charge < -0.3 is 9.84 Å². The maximum absolute atomic E-state index is 9.34. The lowest BCUT2D eigenvalue weighted by molar-refractivity contribution is 0.107. The third-order valence-corrected chi connectivity index (χ3v) is 4.67. The van der Waals surface area contributed by atoms with Crippen molar-refractivity contribution in [3.8, 4) is 0 Å². The normalized spacial score (nSPS) is 19.8. The smallest absolute Gasteiger partial charge is 0.0753 e. The molecule has 0 saturated heterocycles. The third-order valence-electron chi connectivity index (χ3n) is 4.67. The van der Waals surface area contributed by atoms with Gasteiger partial charge >= 0.3 is 0 Å².